The van der Waals surface area contributed by atoms with Gasteiger partial charge in [0.2, 0.25) is 0 Å². The van der Waals surface area contributed by atoms with Crippen LogP contribution in [-0.2, 0) is 19.4 Å². The zero-order valence-electron chi connectivity index (χ0n) is 9.23. The summed E-state index contributed by atoms with van der Waals surface area (Å²) >= 11 is 0. The maximum absolute atomic E-state index is 11.3. The summed E-state index contributed by atoms with van der Waals surface area (Å²) in [7, 11) is -2.88. The summed E-state index contributed by atoms with van der Waals surface area (Å²) in [4.78, 5) is 11.3. The van der Waals surface area contributed by atoms with Crippen LogP contribution in [-0.4, -0.2) is 32.5 Å². The molecule has 15 heavy (non-hydrogen) atoms. The lowest BCUT2D eigenvalue weighted by Gasteiger charge is -2.09. The number of esters is 1. The van der Waals surface area contributed by atoms with E-state index in [1.54, 1.807) is 0 Å². The van der Waals surface area contributed by atoms with Crippen molar-refractivity contribution in [2.24, 2.45) is 11.8 Å². The van der Waals surface area contributed by atoms with E-state index in [-0.39, 0.29) is 29.8 Å². The highest BCUT2D eigenvalue weighted by atomic mass is 32.2. The highest BCUT2D eigenvalue weighted by molar-refractivity contribution is 7.91. The molecule has 0 spiro atoms. The maximum Gasteiger partial charge on any atom is 0.306 e. The molecule has 5 heteroatoms. The Balaban J connectivity index is 2.28. The van der Waals surface area contributed by atoms with Crippen molar-refractivity contribution in [2.45, 2.75) is 26.7 Å². The molecule has 0 aromatic rings. The maximum atomic E-state index is 11.3. The van der Waals surface area contributed by atoms with Crippen molar-refractivity contribution < 1.29 is 17.9 Å². The van der Waals surface area contributed by atoms with Gasteiger partial charge in [0.1, 0.15) is 0 Å². The van der Waals surface area contributed by atoms with Crippen molar-refractivity contribution in [2.75, 3.05) is 18.1 Å². The van der Waals surface area contributed by atoms with Crippen LogP contribution in [0.1, 0.15) is 26.7 Å². The Bertz CT molecular complexity index is 318. The fourth-order valence-electron chi connectivity index (χ4n) is 1.59. The van der Waals surface area contributed by atoms with Gasteiger partial charge in [-0.25, -0.2) is 8.42 Å². The van der Waals surface area contributed by atoms with Crippen molar-refractivity contribution >= 4 is 15.8 Å². The Morgan fingerprint density at radius 1 is 1.47 bits per heavy atom. The molecule has 0 aromatic heterocycles. The summed E-state index contributed by atoms with van der Waals surface area (Å²) in [6.07, 6.45) is 0.838. The van der Waals surface area contributed by atoms with Crippen molar-refractivity contribution in [1.29, 1.82) is 0 Å². The first-order valence-electron chi connectivity index (χ1n) is 5.25. The van der Waals surface area contributed by atoms with Crippen LogP contribution in [0, 0.1) is 11.8 Å². The molecule has 0 amide bonds. The molecular weight excluding hydrogens is 216 g/mol. The third-order valence-electron chi connectivity index (χ3n) is 2.36. The molecule has 1 aliphatic heterocycles. The number of hydrogen-bond acceptors (Lipinski definition) is 4. The summed E-state index contributed by atoms with van der Waals surface area (Å²) in [5, 5.41) is 0. The Kier molecular flexibility index (Phi) is 4.13. The van der Waals surface area contributed by atoms with E-state index >= 15 is 0 Å². The third kappa shape index (κ3) is 4.64. The molecule has 0 unspecified atom stereocenters. The molecule has 1 saturated heterocycles. The minimum Gasteiger partial charge on any atom is -0.465 e. The number of hydrogen-bond donors (Lipinski definition) is 0. The van der Waals surface area contributed by atoms with Crippen molar-refractivity contribution in [1.82, 2.24) is 0 Å². The first-order valence-corrected chi connectivity index (χ1v) is 7.07. The van der Waals surface area contributed by atoms with Gasteiger partial charge in [-0.15, -0.1) is 0 Å². The fraction of sp³-hybridized carbons (Fsp3) is 0.900. The second-order valence-electron chi connectivity index (χ2n) is 4.55. The van der Waals surface area contributed by atoms with Crippen molar-refractivity contribution in [3.63, 3.8) is 0 Å². The van der Waals surface area contributed by atoms with Gasteiger partial charge in [0.15, 0.2) is 9.84 Å². The predicted molar refractivity (Wildman–Crippen MR) is 57.2 cm³/mol. The average Bonchev–Trinajstić information content (AvgIpc) is 2.42. The Morgan fingerprint density at radius 2 is 2.13 bits per heavy atom. The normalized spacial score (nSPS) is 24.3. The molecule has 1 aliphatic rings. The quantitative estimate of drug-likeness (QED) is 0.681. The van der Waals surface area contributed by atoms with E-state index in [1.165, 1.54) is 0 Å². The molecule has 0 bridgehead atoms. The number of carbonyl (C=O) groups is 1. The molecular formula is C10H18O4S. The molecule has 0 radical (unpaired) electrons. The first-order chi connectivity index (χ1) is 6.89. The monoisotopic (exact) mass is 234 g/mol. The standard InChI is InChI=1S/C10H18O4S/c1-8(2)6-14-10(11)5-9-3-4-15(12,13)7-9/h8-9H,3-7H2,1-2H3/t9-/m0/s1. The van der Waals surface area contributed by atoms with Crippen LogP contribution < -0.4 is 0 Å². The minimum atomic E-state index is -2.88. The summed E-state index contributed by atoms with van der Waals surface area (Å²) in [5.41, 5.74) is 0. The molecule has 4 nitrogen and oxygen atoms in total. The van der Waals surface area contributed by atoms with Gasteiger partial charge >= 0.3 is 5.97 Å². The van der Waals surface area contributed by atoms with Crippen molar-refractivity contribution in [3.8, 4) is 0 Å². The van der Waals surface area contributed by atoms with Crippen molar-refractivity contribution in [3.05, 3.63) is 0 Å². The Hall–Kier alpha value is -0.580. The highest BCUT2D eigenvalue weighted by Crippen LogP contribution is 2.21. The van der Waals surface area contributed by atoms with Gasteiger partial charge in [0, 0.05) is 6.42 Å². The van der Waals surface area contributed by atoms with Crippen LogP contribution in [0.4, 0.5) is 0 Å². The van der Waals surface area contributed by atoms with Crippen LogP contribution >= 0.6 is 0 Å². The largest absolute Gasteiger partial charge is 0.465 e. The van der Waals surface area contributed by atoms with E-state index < -0.39 is 9.84 Å². The van der Waals surface area contributed by atoms with Gasteiger partial charge in [-0.05, 0) is 18.3 Å². The summed E-state index contributed by atoms with van der Waals surface area (Å²) in [6.45, 7) is 4.35. The Morgan fingerprint density at radius 3 is 2.60 bits per heavy atom. The van der Waals surface area contributed by atoms with E-state index in [2.05, 4.69) is 0 Å². The molecule has 0 saturated carbocycles. The van der Waals surface area contributed by atoms with Gasteiger partial charge in [0.05, 0.1) is 18.1 Å². The smallest absolute Gasteiger partial charge is 0.306 e. The molecule has 0 aromatic carbocycles. The molecule has 88 valence electrons. The zero-order valence-corrected chi connectivity index (χ0v) is 10.0. The lowest BCUT2D eigenvalue weighted by Crippen LogP contribution is -2.15. The molecule has 0 N–H and O–H groups in total. The van der Waals surface area contributed by atoms with Crippen LogP contribution in [0.5, 0.6) is 0 Å². The topological polar surface area (TPSA) is 60.4 Å². The van der Waals surface area contributed by atoms with Crippen LogP contribution in [0.3, 0.4) is 0 Å². The second kappa shape index (κ2) is 4.96. The third-order valence-corrected chi connectivity index (χ3v) is 4.20. The number of carbonyl (C=O) groups excluding carboxylic acids is 1. The van der Waals surface area contributed by atoms with E-state index in [0.29, 0.717) is 18.9 Å². The molecule has 1 heterocycles. The van der Waals surface area contributed by atoms with Crippen LogP contribution in [0.25, 0.3) is 0 Å². The van der Waals surface area contributed by atoms with Crippen LogP contribution in [0.2, 0.25) is 0 Å². The van der Waals surface area contributed by atoms with Gasteiger partial charge in [-0.1, -0.05) is 13.8 Å². The highest BCUT2D eigenvalue weighted by Gasteiger charge is 2.29. The van der Waals surface area contributed by atoms with Gasteiger partial charge < -0.3 is 4.74 Å². The SMILES string of the molecule is CC(C)COC(=O)C[C@@H]1CCS(=O)(=O)C1. The predicted octanol–water partition coefficient (Wildman–Crippen LogP) is 1.01. The van der Waals surface area contributed by atoms with E-state index in [9.17, 15) is 13.2 Å². The van der Waals surface area contributed by atoms with E-state index in [4.69, 9.17) is 4.74 Å². The summed E-state index contributed by atoms with van der Waals surface area (Å²) < 4.78 is 27.3. The van der Waals surface area contributed by atoms with Gasteiger partial charge in [-0.2, -0.15) is 0 Å². The second-order valence-corrected chi connectivity index (χ2v) is 6.78. The number of ether oxygens (including phenoxy) is 1. The molecule has 0 aliphatic carbocycles. The van der Waals surface area contributed by atoms with Crippen LogP contribution in [0.15, 0.2) is 0 Å². The first kappa shape index (κ1) is 12.5. The fourth-order valence-corrected chi connectivity index (χ4v) is 3.45. The lowest BCUT2D eigenvalue weighted by molar-refractivity contribution is -0.145. The average molecular weight is 234 g/mol. The van der Waals surface area contributed by atoms with Gasteiger partial charge in [-0.3, -0.25) is 4.79 Å². The van der Waals surface area contributed by atoms with E-state index in [0.717, 1.165) is 0 Å². The van der Waals surface area contributed by atoms with E-state index in [1.807, 2.05) is 13.8 Å². The molecule has 1 atom stereocenters. The molecule has 1 fully saturated rings. The Labute approximate surface area is 90.9 Å². The summed E-state index contributed by atoms with van der Waals surface area (Å²) in [6, 6.07) is 0. The molecule has 1 rings (SSSR count). The zero-order chi connectivity index (χ0) is 11.5. The summed E-state index contributed by atoms with van der Waals surface area (Å²) in [5.74, 6) is 0.376. The minimum absolute atomic E-state index is 0.0327. The lowest BCUT2D eigenvalue weighted by atomic mass is 10.1. The van der Waals surface area contributed by atoms with Gasteiger partial charge in [0.25, 0.3) is 0 Å². The number of rotatable bonds is 4. The number of sulfone groups is 1.